The summed E-state index contributed by atoms with van der Waals surface area (Å²) < 4.78 is 0. The van der Waals surface area contributed by atoms with Crippen molar-refractivity contribution in [1.29, 1.82) is 0 Å². The van der Waals surface area contributed by atoms with Crippen molar-refractivity contribution in [3.63, 3.8) is 0 Å². The van der Waals surface area contributed by atoms with Crippen LogP contribution in [0, 0.1) is 0 Å². The maximum atomic E-state index is 11.8. The highest BCUT2D eigenvalue weighted by Crippen LogP contribution is 2.23. The van der Waals surface area contributed by atoms with Gasteiger partial charge in [0.05, 0.1) is 6.04 Å². The van der Waals surface area contributed by atoms with E-state index in [0.717, 1.165) is 38.6 Å². The zero-order valence-electron chi connectivity index (χ0n) is 11.2. The number of hydrogen-bond donors (Lipinski definition) is 2. The highest BCUT2D eigenvalue weighted by Gasteiger charge is 2.14. The largest absolute Gasteiger partial charge is 0.348 e. The van der Waals surface area contributed by atoms with Gasteiger partial charge in [-0.3, -0.25) is 4.79 Å². The van der Waals surface area contributed by atoms with Crippen LogP contribution < -0.4 is 11.1 Å². The lowest BCUT2D eigenvalue weighted by Crippen LogP contribution is -2.27. The topological polar surface area (TPSA) is 55.1 Å². The Balaban J connectivity index is 2.34. The lowest BCUT2D eigenvalue weighted by atomic mass is 10.1. The number of unbranched alkanes of at least 4 members (excludes halogenated alkanes) is 2. The molecule has 4 heteroatoms. The summed E-state index contributed by atoms with van der Waals surface area (Å²) in [7, 11) is 0. The van der Waals surface area contributed by atoms with Gasteiger partial charge >= 0.3 is 0 Å². The maximum Gasteiger partial charge on any atom is 0.220 e. The second-order valence-electron chi connectivity index (χ2n) is 4.52. The predicted octanol–water partition coefficient (Wildman–Crippen LogP) is 3.22. The molecule has 0 aliphatic heterocycles. The van der Waals surface area contributed by atoms with Crippen LogP contribution in [-0.2, 0) is 4.79 Å². The Kier molecular flexibility index (Phi) is 7.69. The summed E-state index contributed by atoms with van der Waals surface area (Å²) in [6.45, 7) is 2.86. The fourth-order valence-electron chi connectivity index (χ4n) is 1.94. The van der Waals surface area contributed by atoms with E-state index >= 15 is 0 Å². The van der Waals surface area contributed by atoms with Gasteiger partial charge in [0.2, 0.25) is 5.91 Å². The first-order valence-electron chi connectivity index (χ1n) is 6.80. The summed E-state index contributed by atoms with van der Waals surface area (Å²) in [6.07, 6.45) is 5.70. The molecule has 0 fully saturated rings. The molecular weight excluding hydrogens is 244 g/mol. The maximum absolute atomic E-state index is 11.8. The van der Waals surface area contributed by atoms with E-state index in [0.29, 0.717) is 6.42 Å². The Morgan fingerprint density at radius 2 is 2.28 bits per heavy atom. The number of hydrogen-bond acceptors (Lipinski definition) is 3. The van der Waals surface area contributed by atoms with E-state index in [1.807, 2.05) is 6.07 Å². The third-order valence-electron chi connectivity index (χ3n) is 2.91. The van der Waals surface area contributed by atoms with Crippen LogP contribution in [0.25, 0.3) is 0 Å². The average Bonchev–Trinajstić information content (AvgIpc) is 2.88. The Hall–Kier alpha value is -0.870. The molecule has 1 aromatic heterocycles. The van der Waals surface area contributed by atoms with Crippen LogP contribution in [0.1, 0.15) is 56.4 Å². The molecule has 1 amide bonds. The second kappa shape index (κ2) is 9.11. The van der Waals surface area contributed by atoms with E-state index in [1.165, 1.54) is 4.88 Å². The minimum absolute atomic E-state index is 0.166. The van der Waals surface area contributed by atoms with Crippen LogP contribution in [-0.4, -0.2) is 12.5 Å². The molecule has 3 nitrogen and oxygen atoms in total. The van der Waals surface area contributed by atoms with Crippen molar-refractivity contribution in [3.8, 4) is 0 Å². The predicted molar refractivity (Wildman–Crippen MR) is 77.6 cm³/mol. The van der Waals surface area contributed by atoms with E-state index in [4.69, 9.17) is 5.73 Å². The molecule has 102 valence electrons. The molecule has 0 saturated heterocycles. The van der Waals surface area contributed by atoms with Crippen molar-refractivity contribution in [2.45, 2.75) is 51.5 Å². The number of thiophene rings is 1. The van der Waals surface area contributed by atoms with E-state index < -0.39 is 0 Å². The smallest absolute Gasteiger partial charge is 0.220 e. The number of rotatable bonds is 9. The Morgan fingerprint density at radius 1 is 1.44 bits per heavy atom. The highest BCUT2D eigenvalue weighted by molar-refractivity contribution is 7.10. The monoisotopic (exact) mass is 268 g/mol. The Bertz CT molecular complexity index is 325. The van der Waals surface area contributed by atoms with Crippen LogP contribution >= 0.6 is 11.3 Å². The van der Waals surface area contributed by atoms with Crippen molar-refractivity contribution in [3.05, 3.63) is 22.4 Å². The third kappa shape index (κ3) is 5.65. The van der Waals surface area contributed by atoms with Crippen molar-refractivity contribution >= 4 is 17.2 Å². The summed E-state index contributed by atoms with van der Waals surface area (Å²) in [6, 6.07) is 4.33. The van der Waals surface area contributed by atoms with Crippen LogP contribution in [0.4, 0.5) is 0 Å². The summed E-state index contributed by atoms with van der Waals surface area (Å²) in [5.41, 5.74) is 5.43. The molecule has 0 bridgehead atoms. The molecule has 0 saturated carbocycles. The molecule has 0 spiro atoms. The molecule has 0 aromatic carbocycles. The normalized spacial score (nSPS) is 12.3. The summed E-state index contributed by atoms with van der Waals surface area (Å²) in [5, 5.41) is 5.20. The van der Waals surface area contributed by atoms with E-state index in [-0.39, 0.29) is 11.9 Å². The molecule has 3 N–H and O–H groups in total. The number of amides is 1. The molecule has 1 heterocycles. The average molecular weight is 268 g/mol. The van der Waals surface area contributed by atoms with Gasteiger partial charge in [0.15, 0.2) is 0 Å². The Labute approximate surface area is 114 Å². The highest BCUT2D eigenvalue weighted by atomic mass is 32.1. The molecule has 18 heavy (non-hydrogen) atoms. The van der Waals surface area contributed by atoms with E-state index in [1.54, 1.807) is 11.3 Å². The number of carbonyl (C=O) groups excluding carboxylic acids is 1. The molecule has 0 aliphatic rings. The first kappa shape index (κ1) is 15.2. The van der Waals surface area contributed by atoms with E-state index in [2.05, 4.69) is 23.7 Å². The zero-order valence-corrected chi connectivity index (χ0v) is 12.0. The fraction of sp³-hybridized carbons (Fsp3) is 0.643. The molecule has 1 unspecified atom stereocenters. The molecule has 1 aromatic rings. The fourth-order valence-corrected chi connectivity index (χ4v) is 2.75. The summed E-state index contributed by atoms with van der Waals surface area (Å²) >= 11 is 1.71. The standard InChI is InChI=1S/C14H24N2OS/c1-2-7-12(13-8-6-11-18-13)16-14(17)9-4-3-5-10-15/h6,8,11-12H,2-5,7,9-10,15H2,1H3,(H,16,17). The van der Waals surface area contributed by atoms with Crippen molar-refractivity contribution in [2.75, 3.05) is 6.54 Å². The molecule has 1 atom stereocenters. The quantitative estimate of drug-likeness (QED) is 0.676. The van der Waals surface area contributed by atoms with Gasteiger partial charge in [0.25, 0.3) is 0 Å². The minimum Gasteiger partial charge on any atom is -0.348 e. The zero-order chi connectivity index (χ0) is 13.2. The lowest BCUT2D eigenvalue weighted by Gasteiger charge is -2.16. The molecule has 0 aliphatic carbocycles. The number of nitrogens with one attached hydrogen (secondary N) is 1. The van der Waals surface area contributed by atoms with Crippen LogP contribution in [0.2, 0.25) is 0 Å². The van der Waals surface area contributed by atoms with Gasteiger partial charge in [-0.1, -0.05) is 25.8 Å². The van der Waals surface area contributed by atoms with Gasteiger partial charge in [0.1, 0.15) is 0 Å². The lowest BCUT2D eigenvalue weighted by molar-refractivity contribution is -0.122. The van der Waals surface area contributed by atoms with Crippen molar-refractivity contribution in [1.82, 2.24) is 5.32 Å². The van der Waals surface area contributed by atoms with E-state index in [9.17, 15) is 4.79 Å². The van der Waals surface area contributed by atoms with Gasteiger partial charge in [-0.2, -0.15) is 0 Å². The van der Waals surface area contributed by atoms with Crippen molar-refractivity contribution < 1.29 is 4.79 Å². The van der Waals surface area contributed by atoms with Gasteiger partial charge in [0, 0.05) is 11.3 Å². The van der Waals surface area contributed by atoms with Gasteiger partial charge < -0.3 is 11.1 Å². The minimum atomic E-state index is 0.166. The SMILES string of the molecule is CCCC(NC(=O)CCCCCN)c1cccs1. The summed E-state index contributed by atoms with van der Waals surface area (Å²) in [5.74, 6) is 0.166. The molecular formula is C14H24N2OS. The third-order valence-corrected chi connectivity index (χ3v) is 3.89. The first-order chi connectivity index (χ1) is 8.77. The number of carbonyl (C=O) groups is 1. The molecule has 1 rings (SSSR count). The van der Waals surface area contributed by atoms with Gasteiger partial charge in [-0.05, 0) is 37.3 Å². The van der Waals surface area contributed by atoms with Crippen molar-refractivity contribution in [2.24, 2.45) is 5.73 Å². The van der Waals surface area contributed by atoms with Crippen LogP contribution in [0.5, 0.6) is 0 Å². The molecule has 0 radical (unpaired) electrons. The Morgan fingerprint density at radius 3 is 2.89 bits per heavy atom. The number of nitrogens with two attached hydrogens (primary N) is 1. The van der Waals surface area contributed by atoms with Gasteiger partial charge in [-0.15, -0.1) is 11.3 Å². The first-order valence-corrected chi connectivity index (χ1v) is 7.68. The summed E-state index contributed by atoms with van der Waals surface area (Å²) in [4.78, 5) is 13.1. The van der Waals surface area contributed by atoms with Gasteiger partial charge in [-0.25, -0.2) is 0 Å². The van der Waals surface area contributed by atoms with Crippen LogP contribution in [0.3, 0.4) is 0 Å². The second-order valence-corrected chi connectivity index (χ2v) is 5.50. The van der Waals surface area contributed by atoms with Crippen LogP contribution in [0.15, 0.2) is 17.5 Å².